The average molecular weight is 298 g/mol. The van der Waals surface area contributed by atoms with E-state index in [1.54, 1.807) is 0 Å². The van der Waals surface area contributed by atoms with E-state index in [2.05, 4.69) is 0 Å². The summed E-state index contributed by atoms with van der Waals surface area (Å²) >= 11 is 0. The highest BCUT2D eigenvalue weighted by atomic mass is 16.5. The zero-order chi connectivity index (χ0) is 15.8. The van der Waals surface area contributed by atoms with E-state index in [4.69, 9.17) is 14.2 Å². The molecule has 0 aromatic carbocycles. The van der Waals surface area contributed by atoms with Gasteiger partial charge in [-0.2, -0.15) is 0 Å². The number of hydrogen-bond acceptors (Lipinski definition) is 7. The highest BCUT2D eigenvalue weighted by Gasteiger charge is 2.29. The van der Waals surface area contributed by atoms with Crippen LogP contribution in [0.4, 0.5) is 0 Å². The Morgan fingerprint density at radius 2 is 1.76 bits per heavy atom. The highest BCUT2D eigenvalue weighted by molar-refractivity contribution is 6.19. The Balaban J connectivity index is 2.13. The van der Waals surface area contributed by atoms with E-state index < -0.39 is 11.9 Å². The summed E-state index contributed by atoms with van der Waals surface area (Å²) in [5.41, 5.74) is -0.0390. The molecule has 0 saturated heterocycles. The minimum Gasteiger partial charge on any atom is -0.489 e. The van der Waals surface area contributed by atoms with Crippen molar-refractivity contribution in [3.05, 3.63) is 11.3 Å². The minimum atomic E-state index is -0.691. The second-order valence-corrected chi connectivity index (χ2v) is 4.59. The Hall–Kier alpha value is -2.18. The first kappa shape index (κ1) is 16.9. The lowest BCUT2D eigenvalue weighted by atomic mass is 10.2. The Morgan fingerprint density at radius 1 is 1.14 bits per heavy atom. The van der Waals surface area contributed by atoms with E-state index in [1.807, 2.05) is 0 Å². The van der Waals surface area contributed by atoms with Crippen molar-refractivity contribution in [1.82, 2.24) is 0 Å². The van der Waals surface area contributed by atoms with Crippen molar-refractivity contribution >= 4 is 23.5 Å². The molecule has 0 radical (unpaired) electrons. The normalized spacial score (nSPS) is 13.9. The summed E-state index contributed by atoms with van der Waals surface area (Å²) in [5.74, 6) is -1.60. The zero-order valence-electron chi connectivity index (χ0n) is 12.1. The van der Waals surface area contributed by atoms with Crippen LogP contribution in [0.15, 0.2) is 11.3 Å². The Kier molecular flexibility index (Phi) is 6.58. The predicted molar refractivity (Wildman–Crippen MR) is 70.1 cm³/mol. The molecule has 0 bridgehead atoms. The molecular weight excluding hydrogens is 280 g/mol. The largest absolute Gasteiger partial charge is 0.489 e. The molecular formula is C14H18O7. The molecule has 0 unspecified atom stereocenters. The van der Waals surface area contributed by atoms with Crippen LogP contribution in [-0.4, -0.2) is 43.3 Å². The molecule has 1 aliphatic rings. The third kappa shape index (κ3) is 5.76. The van der Waals surface area contributed by atoms with E-state index in [0.29, 0.717) is 12.8 Å². The molecule has 1 rings (SSSR count). The van der Waals surface area contributed by atoms with Crippen LogP contribution in [-0.2, 0) is 33.4 Å². The standard InChI is InChI=1S/C14H18O7/c1-9(15)7-12(17)19-5-3-4-6-20-14(18)13-10(2)21-8-11(13)16/h3-8H2,1-2H3. The summed E-state index contributed by atoms with van der Waals surface area (Å²) in [5, 5.41) is 0. The van der Waals surface area contributed by atoms with Gasteiger partial charge in [0.25, 0.3) is 0 Å². The zero-order valence-corrected chi connectivity index (χ0v) is 12.1. The van der Waals surface area contributed by atoms with Crippen molar-refractivity contribution in [2.45, 2.75) is 33.1 Å². The van der Waals surface area contributed by atoms with Crippen LogP contribution in [0.2, 0.25) is 0 Å². The molecule has 7 heteroatoms. The molecule has 0 spiro atoms. The van der Waals surface area contributed by atoms with Crippen molar-refractivity contribution in [1.29, 1.82) is 0 Å². The predicted octanol–water partition coefficient (Wildman–Crippen LogP) is 0.705. The van der Waals surface area contributed by atoms with E-state index in [1.165, 1.54) is 13.8 Å². The van der Waals surface area contributed by atoms with Crippen LogP contribution in [0, 0.1) is 0 Å². The summed E-state index contributed by atoms with van der Waals surface area (Å²) in [4.78, 5) is 44.7. The first-order valence-electron chi connectivity index (χ1n) is 6.61. The summed E-state index contributed by atoms with van der Waals surface area (Å²) in [6.45, 7) is 3.00. The number of ether oxygens (including phenoxy) is 3. The maximum atomic E-state index is 11.6. The highest BCUT2D eigenvalue weighted by Crippen LogP contribution is 2.16. The number of hydrogen-bond donors (Lipinski definition) is 0. The second-order valence-electron chi connectivity index (χ2n) is 4.59. The quantitative estimate of drug-likeness (QED) is 0.282. The van der Waals surface area contributed by atoms with Crippen molar-refractivity contribution in [3.63, 3.8) is 0 Å². The number of rotatable bonds is 8. The van der Waals surface area contributed by atoms with Crippen molar-refractivity contribution < 1.29 is 33.4 Å². The molecule has 1 heterocycles. The molecule has 116 valence electrons. The summed E-state index contributed by atoms with van der Waals surface area (Å²) in [6.07, 6.45) is 0.754. The van der Waals surface area contributed by atoms with E-state index in [0.717, 1.165) is 0 Å². The van der Waals surface area contributed by atoms with Crippen LogP contribution in [0.3, 0.4) is 0 Å². The van der Waals surface area contributed by atoms with Gasteiger partial charge in [-0.05, 0) is 26.7 Å². The Bertz CT molecular complexity index is 476. The summed E-state index contributed by atoms with van der Waals surface area (Å²) in [6, 6.07) is 0. The van der Waals surface area contributed by atoms with E-state index in [9.17, 15) is 19.2 Å². The van der Waals surface area contributed by atoms with Gasteiger partial charge in [-0.15, -0.1) is 0 Å². The summed E-state index contributed by atoms with van der Waals surface area (Å²) in [7, 11) is 0. The Labute approximate surface area is 122 Å². The molecule has 0 amide bonds. The summed E-state index contributed by atoms with van der Waals surface area (Å²) < 4.78 is 14.7. The SMILES string of the molecule is CC(=O)CC(=O)OCCCCOC(=O)C1=C(C)OCC1=O. The smallest absolute Gasteiger partial charge is 0.345 e. The van der Waals surface area contributed by atoms with Gasteiger partial charge < -0.3 is 14.2 Å². The van der Waals surface area contributed by atoms with Crippen molar-refractivity contribution in [3.8, 4) is 0 Å². The number of ketones is 2. The molecule has 7 nitrogen and oxygen atoms in total. The first-order chi connectivity index (χ1) is 9.91. The molecule has 0 saturated carbocycles. The molecule has 0 atom stereocenters. The van der Waals surface area contributed by atoms with Crippen molar-refractivity contribution in [2.24, 2.45) is 0 Å². The number of unbranched alkanes of at least 4 members (excludes halogenated alkanes) is 1. The van der Waals surface area contributed by atoms with Crippen LogP contribution in [0.25, 0.3) is 0 Å². The topological polar surface area (TPSA) is 96.0 Å². The number of Topliss-reactive ketones (excluding diaryl/α,β-unsaturated/α-hetero) is 2. The van der Waals surface area contributed by atoms with Gasteiger partial charge >= 0.3 is 11.9 Å². The van der Waals surface area contributed by atoms with Gasteiger partial charge in [0.2, 0.25) is 5.78 Å². The van der Waals surface area contributed by atoms with Crippen LogP contribution >= 0.6 is 0 Å². The van der Waals surface area contributed by atoms with Gasteiger partial charge in [0.15, 0.2) is 6.61 Å². The van der Waals surface area contributed by atoms with E-state index >= 15 is 0 Å². The molecule has 21 heavy (non-hydrogen) atoms. The molecule has 0 N–H and O–H groups in total. The number of carbonyl (C=O) groups is 4. The maximum Gasteiger partial charge on any atom is 0.345 e. The molecule has 1 aliphatic heterocycles. The number of carbonyl (C=O) groups excluding carboxylic acids is 4. The van der Waals surface area contributed by atoms with Crippen LogP contribution < -0.4 is 0 Å². The molecule has 0 aliphatic carbocycles. The fourth-order valence-corrected chi connectivity index (χ4v) is 1.65. The Morgan fingerprint density at radius 3 is 2.29 bits per heavy atom. The van der Waals surface area contributed by atoms with Gasteiger partial charge in [0.05, 0.1) is 13.2 Å². The van der Waals surface area contributed by atoms with Crippen LogP contribution in [0.1, 0.15) is 33.1 Å². The lowest BCUT2D eigenvalue weighted by molar-refractivity contribution is -0.147. The fourth-order valence-electron chi connectivity index (χ4n) is 1.65. The van der Waals surface area contributed by atoms with Gasteiger partial charge in [-0.25, -0.2) is 4.79 Å². The maximum absolute atomic E-state index is 11.6. The lowest BCUT2D eigenvalue weighted by Crippen LogP contribution is -2.16. The third-order valence-electron chi connectivity index (χ3n) is 2.68. The van der Waals surface area contributed by atoms with Crippen molar-refractivity contribution in [2.75, 3.05) is 19.8 Å². The molecule has 0 fully saturated rings. The minimum absolute atomic E-state index is 0.0390. The number of esters is 2. The van der Waals surface area contributed by atoms with Gasteiger partial charge in [0.1, 0.15) is 23.5 Å². The van der Waals surface area contributed by atoms with Gasteiger partial charge in [0, 0.05) is 0 Å². The molecule has 0 aromatic heterocycles. The fraction of sp³-hybridized carbons (Fsp3) is 0.571. The number of allylic oxidation sites excluding steroid dienone is 1. The van der Waals surface area contributed by atoms with Gasteiger partial charge in [-0.1, -0.05) is 0 Å². The van der Waals surface area contributed by atoms with Crippen LogP contribution in [0.5, 0.6) is 0 Å². The third-order valence-corrected chi connectivity index (χ3v) is 2.68. The average Bonchev–Trinajstić information content (AvgIpc) is 2.72. The second kappa shape index (κ2) is 8.18. The molecule has 0 aromatic rings. The van der Waals surface area contributed by atoms with Gasteiger partial charge in [-0.3, -0.25) is 14.4 Å². The lowest BCUT2D eigenvalue weighted by Gasteiger charge is -2.05. The van der Waals surface area contributed by atoms with E-state index in [-0.39, 0.29) is 49.1 Å². The first-order valence-corrected chi connectivity index (χ1v) is 6.61. The monoisotopic (exact) mass is 298 g/mol.